The third kappa shape index (κ3) is 4.61. The van der Waals surface area contributed by atoms with Gasteiger partial charge in [0, 0.05) is 6.07 Å². The van der Waals surface area contributed by atoms with Crippen molar-refractivity contribution in [2.75, 3.05) is 19.4 Å². The van der Waals surface area contributed by atoms with Crippen molar-refractivity contribution in [2.24, 2.45) is 0 Å². The maximum atomic E-state index is 10.9. The van der Waals surface area contributed by atoms with E-state index < -0.39 is 0 Å². The van der Waals surface area contributed by atoms with Gasteiger partial charge < -0.3 is 34.3 Å². The molecule has 0 saturated carbocycles. The zero-order chi connectivity index (χ0) is 24.2. The van der Waals surface area contributed by atoms with Crippen LogP contribution in [0, 0.1) is 12.1 Å². The average molecular weight is 463 g/mol. The van der Waals surface area contributed by atoms with Gasteiger partial charge in [-0.15, -0.1) is 0 Å². The Kier molecular flexibility index (Phi) is 6.58. The second-order valence-corrected chi connectivity index (χ2v) is 7.45. The first-order valence-electron chi connectivity index (χ1n) is 10.3. The third-order valence-corrected chi connectivity index (χ3v) is 5.31. The summed E-state index contributed by atoms with van der Waals surface area (Å²) in [7, 11) is 3.13. The summed E-state index contributed by atoms with van der Waals surface area (Å²) in [5.74, 6) is 1.99. The molecule has 0 unspecified atom stereocenters. The lowest BCUT2D eigenvalue weighted by Crippen LogP contribution is -2.06. The molecule has 0 fully saturated rings. The van der Waals surface area contributed by atoms with Crippen LogP contribution in [0.3, 0.4) is 0 Å². The summed E-state index contributed by atoms with van der Waals surface area (Å²) in [6.07, 6.45) is 0. The largest absolute Gasteiger partial charge is 0.733 e. The minimum absolute atomic E-state index is 0.0343. The molecule has 4 aromatic rings. The molecule has 3 aromatic carbocycles. The van der Waals surface area contributed by atoms with Crippen LogP contribution in [-0.4, -0.2) is 29.7 Å². The lowest BCUT2D eigenvalue weighted by molar-refractivity contribution is 0.295. The Balaban J connectivity index is 1.58. The van der Waals surface area contributed by atoms with E-state index in [1.807, 2.05) is 19.1 Å². The third-order valence-electron chi connectivity index (χ3n) is 5.31. The van der Waals surface area contributed by atoms with Crippen LogP contribution in [0.5, 0.6) is 23.0 Å². The van der Waals surface area contributed by atoms with E-state index in [-0.39, 0.29) is 23.3 Å². The van der Waals surface area contributed by atoms with Crippen molar-refractivity contribution in [2.45, 2.75) is 13.5 Å². The summed E-state index contributed by atoms with van der Waals surface area (Å²) in [6, 6.07) is 16.7. The number of methoxy groups -OCH3 is 2. The van der Waals surface area contributed by atoms with Gasteiger partial charge in [-0.3, -0.25) is 5.21 Å². The van der Waals surface area contributed by atoms with E-state index in [1.54, 1.807) is 44.6 Å². The van der Waals surface area contributed by atoms with Crippen molar-refractivity contribution in [3.05, 3.63) is 77.1 Å². The Morgan fingerprint density at radius 1 is 0.971 bits per heavy atom. The number of aromatic nitrogens is 1. The normalized spacial score (nSPS) is 10.7. The highest BCUT2D eigenvalue weighted by Gasteiger charge is 2.21. The molecule has 0 amide bonds. The molecule has 0 spiro atoms. The molecule has 0 aliphatic rings. The van der Waals surface area contributed by atoms with Crippen molar-refractivity contribution in [3.63, 3.8) is 0 Å². The van der Waals surface area contributed by atoms with Crippen LogP contribution in [0.2, 0.25) is 0 Å². The predicted molar refractivity (Wildman–Crippen MR) is 125 cm³/mol. The molecule has 0 radical (unpaired) electrons. The number of phenolic OH excluding ortho intramolecular Hbond substituents is 1. The zero-order valence-electron chi connectivity index (χ0n) is 18.8. The minimum atomic E-state index is -0.205. The van der Waals surface area contributed by atoms with Gasteiger partial charge in [-0.05, 0) is 54.4 Å². The average Bonchev–Trinajstić information content (AvgIpc) is 3.23. The number of anilines is 1. The smallest absolute Gasteiger partial charge is 0.178 e. The first kappa shape index (κ1) is 23.0. The van der Waals surface area contributed by atoms with Crippen molar-refractivity contribution < 1.29 is 29.0 Å². The Morgan fingerprint density at radius 2 is 1.71 bits per heavy atom. The summed E-state index contributed by atoms with van der Waals surface area (Å²) in [6.45, 7) is 2.03. The first-order chi connectivity index (χ1) is 16.4. The standard InChI is InChI=1S/C25H23N2O7/c1-15-24(17-6-11-22(31-2)23(12-17)32-3)25(34-26-15)20-10-9-19(13-21(20)28)33-14-16-4-7-18(8-5-16)27(29)30/h4-13,28-29H,14H2,1-3H3/q-1. The molecule has 2 N–H and O–H groups in total. The Labute approximate surface area is 195 Å². The van der Waals surface area contributed by atoms with Gasteiger partial charge in [0.15, 0.2) is 17.3 Å². The molecular formula is C25H23N2O7-. The molecule has 9 heteroatoms. The molecule has 0 bridgehead atoms. The van der Waals surface area contributed by atoms with Gasteiger partial charge in [-0.2, -0.15) is 0 Å². The molecule has 0 atom stereocenters. The summed E-state index contributed by atoms with van der Waals surface area (Å²) in [5, 5.41) is 34.4. The van der Waals surface area contributed by atoms with Gasteiger partial charge in [0.25, 0.3) is 0 Å². The van der Waals surface area contributed by atoms with Crippen LogP contribution in [0.15, 0.2) is 65.2 Å². The molecule has 0 saturated heterocycles. The first-order valence-corrected chi connectivity index (χ1v) is 10.3. The number of aryl methyl sites for hydroxylation is 1. The Morgan fingerprint density at radius 3 is 2.35 bits per heavy atom. The van der Waals surface area contributed by atoms with Gasteiger partial charge in [-0.1, -0.05) is 23.4 Å². The topological polar surface area (TPSA) is 120 Å². The monoisotopic (exact) mass is 463 g/mol. The molecule has 0 aliphatic carbocycles. The highest BCUT2D eigenvalue weighted by Crippen LogP contribution is 2.42. The number of hydrogen-bond donors (Lipinski definition) is 2. The zero-order valence-corrected chi connectivity index (χ0v) is 18.8. The second kappa shape index (κ2) is 9.74. The van der Waals surface area contributed by atoms with Crippen molar-refractivity contribution in [1.82, 2.24) is 5.16 Å². The van der Waals surface area contributed by atoms with E-state index in [2.05, 4.69) is 5.16 Å². The van der Waals surface area contributed by atoms with Gasteiger partial charge in [-0.25, -0.2) is 0 Å². The van der Waals surface area contributed by atoms with Crippen LogP contribution in [0.25, 0.3) is 22.5 Å². The van der Waals surface area contributed by atoms with Gasteiger partial charge >= 0.3 is 0 Å². The van der Waals surface area contributed by atoms with Crippen LogP contribution in [0.1, 0.15) is 11.3 Å². The molecular weight excluding hydrogens is 440 g/mol. The summed E-state index contributed by atoms with van der Waals surface area (Å²) >= 11 is 0. The van der Waals surface area contributed by atoms with E-state index in [0.717, 1.165) is 16.7 Å². The Hall–Kier alpha value is -4.21. The molecule has 34 heavy (non-hydrogen) atoms. The lowest BCUT2D eigenvalue weighted by Gasteiger charge is -2.21. The summed E-state index contributed by atoms with van der Waals surface area (Å²) in [5.41, 5.74) is 3.55. The Bertz CT molecular complexity index is 1280. The molecule has 1 heterocycles. The van der Waals surface area contributed by atoms with Crippen molar-refractivity contribution in [1.29, 1.82) is 0 Å². The fourth-order valence-electron chi connectivity index (χ4n) is 3.56. The fourth-order valence-corrected chi connectivity index (χ4v) is 3.56. The van der Waals surface area contributed by atoms with E-state index in [0.29, 0.717) is 34.3 Å². The number of phenols is 1. The second-order valence-electron chi connectivity index (χ2n) is 7.45. The van der Waals surface area contributed by atoms with E-state index >= 15 is 0 Å². The SMILES string of the molecule is COc1ccc(-c2c(C)noc2-c2ccc(OCc3ccc(N([O-])O)cc3)cc2O)cc1OC. The van der Waals surface area contributed by atoms with Crippen LogP contribution >= 0.6 is 0 Å². The lowest BCUT2D eigenvalue weighted by atomic mass is 9.99. The highest BCUT2D eigenvalue weighted by atomic mass is 16.8. The fraction of sp³-hybridized carbons (Fsp3) is 0.160. The molecule has 1 aromatic heterocycles. The van der Waals surface area contributed by atoms with Crippen LogP contribution in [-0.2, 0) is 6.61 Å². The summed E-state index contributed by atoms with van der Waals surface area (Å²) in [4.78, 5) is 0. The molecule has 4 rings (SSSR count). The van der Waals surface area contributed by atoms with Crippen molar-refractivity contribution >= 4 is 5.69 Å². The van der Waals surface area contributed by atoms with Gasteiger partial charge in [0.1, 0.15) is 18.1 Å². The van der Waals surface area contributed by atoms with E-state index in [9.17, 15) is 10.3 Å². The maximum Gasteiger partial charge on any atom is 0.178 e. The maximum absolute atomic E-state index is 10.9. The number of ether oxygens (including phenoxy) is 3. The predicted octanol–water partition coefficient (Wildman–Crippen LogP) is 5.31. The van der Waals surface area contributed by atoms with E-state index in [4.69, 9.17) is 23.9 Å². The van der Waals surface area contributed by atoms with E-state index in [1.165, 1.54) is 18.2 Å². The van der Waals surface area contributed by atoms with Crippen LogP contribution in [0.4, 0.5) is 5.69 Å². The van der Waals surface area contributed by atoms with Crippen molar-refractivity contribution in [3.8, 4) is 45.4 Å². The number of nitrogens with zero attached hydrogens (tertiary/aromatic N) is 2. The quantitative estimate of drug-likeness (QED) is 0.335. The molecule has 0 aliphatic heterocycles. The number of aromatic hydroxyl groups is 1. The molecule has 9 nitrogen and oxygen atoms in total. The number of rotatable bonds is 8. The highest BCUT2D eigenvalue weighted by molar-refractivity contribution is 5.84. The number of hydrogen-bond acceptors (Lipinski definition) is 9. The number of benzene rings is 3. The summed E-state index contributed by atoms with van der Waals surface area (Å²) < 4.78 is 22.0. The van der Waals surface area contributed by atoms with Gasteiger partial charge in [0.2, 0.25) is 0 Å². The minimum Gasteiger partial charge on any atom is -0.733 e. The van der Waals surface area contributed by atoms with Gasteiger partial charge in [0.05, 0.1) is 36.7 Å². The molecule has 176 valence electrons. The van der Waals surface area contributed by atoms with Crippen LogP contribution < -0.4 is 19.4 Å².